The Kier molecular flexibility index (Phi) is 7.67. The van der Waals surface area contributed by atoms with Crippen LogP contribution in [0, 0.1) is 0 Å². The summed E-state index contributed by atoms with van der Waals surface area (Å²) < 4.78 is 5.17. The van der Waals surface area contributed by atoms with Gasteiger partial charge in [-0.15, -0.1) is 0 Å². The molecule has 0 saturated heterocycles. The molecular formula is C13H19N3O3S. The highest BCUT2D eigenvalue weighted by Crippen LogP contribution is 2.05. The normalized spacial score (nSPS) is 11.7. The average Bonchev–Trinajstić information content (AvgIpc) is 2.49. The lowest BCUT2D eigenvalue weighted by Crippen LogP contribution is -2.44. The molecule has 0 saturated carbocycles. The summed E-state index contributed by atoms with van der Waals surface area (Å²) in [7, 11) is 0. The maximum absolute atomic E-state index is 12.0. The first kappa shape index (κ1) is 16.5. The Morgan fingerprint density at radius 2 is 2.30 bits per heavy atom. The molecule has 0 fully saturated rings. The summed E-state index contributed by atoms with van der Waals surface area (Å²) in [6.07, 6.45) is 4.07. The van der Waals surface area contributed by atoms with E-state index in [1.54, 1.807) is 30.1 Å². The Hall–Kier alpha value is -1.60. The Labute approximate surface area is 122 Å². The van der Waals surface area contributed by atoms with E-state index in [0.717, 1.165) is 5.75 Å². The Bertz CT molecular complexity index is 428. The van der Waals surface area contributed by atoms with E-state index in [2.05, 4.69) is 10.3 Å². The number of thioether (sulfide) groups is 1. The number of nitrogens with one attached hydrogen (secondary N) is 1. The number of ether oxygens (including phenoxy) is 1. The zero-order valence-electron chi connectivity index (χ0n) is 11.4. The van der Waals surface area contributed by atoms with Crippen molar-refractivity contribution in [1.82, 2.24) is 10.3 Å². The first-order valence-corrected chi connectivity index (χ1v) is 7.61. The van der Waals surface area contributed by atoms with Crippen LogP contribution in [0.15, 0.2) is 24.4 Å². The topological polar surface area (TPSA) is 94.3 Å². The second-order valence-electron chi connectivity index (χ2n) is 4.03. The van der Waals surface area contributed by atoms with Gasteiger partial charge >= 0.3 is 5.97 Å². The van der Waals surface area contributed by atoms with E-state index < -0.39 is 12.0 Å². The molecule has 0 aromatic carbocycles. The number of nitrogens with zero attached hydrogens (tertiary/aromatic N) is 1. The summed E-state index contributed by atoms with van der Waals surface area (Å²) in [5.74, 6) is -0.0915. The molecule has 0 radical (unpaired) electrons. The van der Waals surface area contributed by atoms with Gasteiger partial charge in [-0.1, -0.05) is 6.07 Å². The maximum atomic E-state index is 12.0. The summed E-state index contributed by atoms with van der Waals surface area (Å²) in [4.78, 5) is 27.3. The number of carbonyl (C=O) groups is 2. The van der Waals surface area contributed by atoms with E-state index in [-0.39, 0.29) is 19.1 Å². The Balaban J connectivity index is 2.51. The van der Waals surface area contributed by atoms with Gasteiger partial charge in [0.25, 0.3) is 0 Å². The minimum absolute atomic E-state index is 0.0912. The maximum Gasteiger partial charge on any atom is 0.329 e. The van der Waals surface area contributed by atoms with Crippen LogP contribution in [0.1, 0.15) is 12.1 Å². The minimum atomic E-state index is -0.665. The smallest absolute Gasteiger partial charge is 0.329 e. The molecule has 0 aliphatic heterocycles. The largest absolute Gasteiger partial charge is 0.458 e. The number of nitrogens with two attached hydrogens (primary N) is 1. The number of carbonyl (C=O) groups excluding carboxylic acids is 2. The molecule has 1 aromatic rings. The van der Waals surface area contributed by atoms with Gasteiger partial charge in [0.1, 0.15) is 12.6 Å². The van der Waals surface area contributed by atoms with E-state index in [4.69, 9.17) is 10.5 Å². The second kappa shape index (κ2) is 9.33. The van der Waals surface area contributed by atoms with Crippen LogP contribution in [0.5, 0.6) is 0 Å². The van der Waals surface area contributed by atoms with Gasteiger partial charge in [0.15, 0.2) is 0 Å². The fourth-order valence-electron chi connectivity index (χ4n) is 1.47. The molecule has 1 aromatic heterocycles. The highest BCUT2D eigenvalue weighted by Gasteiger charge is 2.21. The van der Waals surface area contributed by atoms with Gasteiger partial charge in [0.2, 0.25) is 5.91 Å². The van der Waals surface area contributed by atoms with Crippen molar-refractivity contribution in [2.45, 2.75) is 19.1 Å². The number of rotatable bonds is 8. The van der Waals surface area contributed by atoms with E-state index in [9.17, 15) is 9.59 Å². The second-order valence-corrected chi connectivity index (χ2v) is 5.02. The molecule has 1 atom stereocenters. The fraction of sp³-hybridized carbons (Fsp3) is 0.462. The molecule has 1 amide bonds. The molecule has 0 unspecified atom stereocenters. The molecule has 0 bridgehead atoms. The number of hydrogen-bond donors (Lipinski definition) is 2. The predicted molar refractivity (Wildman–Crippen MR) is 78.0 cm³/mol. The van der Waals surface area contributed by atoms with Crippen molar-refractivity contribution < 1.29 is 14.3 Å². The van der Waals surface area contributed by atoms with Gasteiger partial charge in [-0.05, 0) is 30.6 Å². The van der Waals surface area contributed by atoms with E-state index in [1.807, 2.05) is 12.3 Å². The lowest BCUT2D eigenvalue weighted by molar-refractivity contribution is -0.149. The molecular weight excluding hydrogens is 278 g/mol. The van der Waals surface area contributed by atoms with Gasteiger partial charge in [-0.25, -0.2) is 4.79 Å². The molecule has 6 nitrogen and oxygen atoms in total. The average molecular weight is 297 g/mol. The third kappa shape index (κ3) is 6.03. The van der Waals surface area contributed by atoms with Crippen molar-refractivity contribution >= 4 is 23.6 Å². The van der Waals surface area contributed by atoms with Crippen LogP contribution in [0.2, 0.25) is 0 Å². The molecule has 0 aliphatic rings. The Morgan fingerprint density at radius 1 is 1.50 bits per heavy atom. The monoisotopic (exact) mass is 297 g/mol. The zero-order chi connectivity index (χ0) is 14.8. The zero-order valence-corrected chi connectivity index (χ0v) is 12.2. The van der Waals surface area contributed by atoms with Crippen LogP contribution < -0.4 is 11.1 Å². The van der Waals surface area contributed by atoms with Crippen LogP contribution in [-0.2, 0) is 20.9 Å². The van der Waals surface area contributed by atoms with Gasteiger partial charge in [-0.2, -0.15) is 11.8 Å². The van der Waals surface area contributed by atoms with Crippen LogP contribution in [0.3, 0.4) is 0 Å². The molecule has 0 aliphatic carbocycles. The number of hydrogen-bond acceptors (Lipinski definition) is 6. The molecule has 20 heavy (non-hydrogen) atoms. The molecule has 7 heteroatoms. The summed E-state index contributed by atoms with van der Waals surface area (Å²) in [5.41, 5.74) is 5.90. The number of amides is 1. The van der Waals surface area contributed by atoms with E-state index >= 15 is 0 Å². The van der Waals surface area contributed by atoms with Crippen molar-refractivity contribution in [1.29, 1.82) is 0 Å². The Morgan fingerprint density at radius 3 is 2.90 bits per heavy atom. The number of pyridine rings is 1. The van der Waals surface area contributed by atoms with Gasteiger partial charge < -0.3 is 15.8 Å². The van der Waals surface area contributed by atoms with Crippen molar-refractivity contribution in [2.24, 2.45) is 5.73 Å². The number of esters is 1. The summed E-state index contributed by atoms with van der Waals surface area (Å²) in [5, 5.41) is 2.57. The first-order chi connectivity index (χ1) is 9.67. The van der Waals surface area contributed by atoms with Crippen molar-refractivity contribution in [3.8, 4) is 0 Å². The predicted octanol–water partition coefficient (Wildman–Crippen LogP) is 0.321. The molecule has 1 heterocycles. The van der Waals surface area contributed by atoms with Crippen molar-refractivity contribution in [3.63, 3.8) is 0 Å². The molecule has 110 valence electrons. The lowest BCUT2D eigenvalue weighted by atomic mass is 10.2. The molecule has 0 spiro atoms. The number of aromatic nitrogens is 1. The lowest BCUT2D eigenvalue weighted by Gasteiger charge is -2.16. The molecule has 3 N–H and O–H groups in total. The highest BCUT2D eigenvalue weighted by molar-refractivity contribution is 7.98. The van der Waals surface area contributed by atoms with E-state index in [1.165, 1.54) is 0 Å². The third-order valence-electron chi connectivity index (χ3n) is 2.50. The summed E-state index contributed by atoms with van der Waals surface area (Å²) in [6.45, 7) is -0.0583. The summed E-state index contributed by atoms with van der Waals surface area (Å²) in [6, 6.07) is 4.70. The highest BCUT2D eigenvalue weighted by atomic mass is 32.2. The molecule has 1 rings (SSSR count). The van der Waals surface area contributed by atoms with Crippen LogP contribution in [0.25, 0.3) is 0 Å². The van der Waals surface area contributed by atoms with E-state index in [0.29, 0.717) is 12.1 Å². The third-order valence-corrected chi connectivity index (χ3v) is 3.15. The summed E-state index contributed by atoms with van der Waals surface area (Å²) >= 11 is 1.59. The van der Waals surface area contributed by atoms with Crippen LogP contribution in [0.4, 0.5) is 0 Å². The van der Waals surface area contributed by atoms with Gasteiger partial charge in [-0.3, -0.25) is 9.78 Å². The SMILES string of the molecule is CSCC[C@H](NC(=O)CN)C(=O)OCc1ccccn1. The first-order valence-electron chi connectivity index (χ1n) is 6.22. The minimum Gasteiger partial charge on any atom is -0.458 e. The fourth-order valence-corrected chi connectivity index (χ4v) is 1.94. The quantitative estimate of drug-likeness (QED) is 0.671. The standard InChI is InChI=1S/C13H19N3O3S/c1-20-7-5-11(16-12(17)8-14)13(18)19-9-10-4-2-3-6-15-10/h2-4,6,11H,5,7-9,14H2,1H3,(H,16,17)/t11-/m0/s1. The van der Waals surface area contributed by atoms with Gasteiger partial charge in [0.05, 0.1) is 12.2 Å². The van der Waals surface area contributed by atoms with Crippen LogP contribution in [-0.4, -0.2) is 41.5 Å². The van der Waals surface area contributed by atoms with Gasteiger partial charge in [0, 0.05) is 6.20 Å². The van der Waals surface area contributed by atoms with Crippen molar-refractivity contribution in [3.05, 3.63) is 30.1 Å². The van der Waals surface area contributed by atoms with Crippen LogP contribution >= 0.6 is 11.8 Å². The van der Waals surface area contributed by atoms with Crippen molar-refractivity contribution in [2.75, 3.05) is 18.6 Å².